The van der Waals surface area contributed by atoms with Crippen LogP contribution < -0.4 is 4.90 Å². The van der Waals surface area contributed by atoms with E-state index in [2.05, 4.69) is 217 Å². The van der Waals surface area contributed by atoms with Crippen LogP contribution >= 0.6 is 0 Å². The van der Waals surface area contributed by atoms with E-state index in [9.17, 15) is 0 Å². The first-order chi connectivity index (χ1) is 26.3. The Bertz CT molecular complexity index is 2920. The molecule has 0 bridgehead atoms. The summed E-state index contributed by atoms with van der Waals surface area (Å²) in [6.45, 7) is 0. The number of rotatable bonds is 6. The molecule has 0 aromatic heterocycles. The van der Waals surface area contributed by atoms with Crippen LogP contribution in [0.4, 0.5) is 17.1 Å². The van der Waals surface area contributed by atoms with E-state index in [0.717, 1.165) is 17.1 Å². The monoisotopic (exact) mass is 673 g/mol. The van der Waals surface area contributed by atoms with Crippen LogP contribution in [0.1, 0.15) is 0 Å². The highest BCUT2D eigenvalue weighted by molar-refractivity contribution is 6.22. The Morgan fingerprint density at radius 1 is 0.245 bits per heavy atom. The van der Waals surface area contributed by atoms with Crippen molar-refractivity contribution in [3.63, 3.8) is 0 Å². The molecular formula is C52H35N. The van der Waals surface area contributed by atoms with Crippen LogP contribution in [0.15, 0.2) is 212 Å². The van der Waals surface area contributed by atoms with Gasteiger partial charge in [0.25, 0.3) is 0 Å². The van der Waals surface area contributed by atoms with Gasteiger partial charge in [0.05, 0.1) is 0 Å². The Hall–Kier alpha value is -6.96. The van der Waals surface area contributed by atoms with Gasteiger partial charge >= 0.3 is 0 Å². The van der Waals surface area contributed by atoms with Crippen LogP contribution in [-0.2, 0) is 0 Å². The number of anilines is 3. The van der Waals surface area contributed by atoms with Crippen molar-refractivity contribution in [2.24, 2.45) is 0 Å². The van der Waals surface area contributed by atoms with Gasteiger partial charge in [0.1, 0.15) is 0 Å². The Morgan fingerprint density at radius 3 is 1.60 bits per heavy atom. The lowest BCUT2D eigenvalue weighted by Gasteiger charge is -2.27. The highest BCUT2D eigenvalue weighted by Gasteiger charge is 2.18. The lowest BCUT2D eigenvalue weighted by molar-refractivity contribution is 1.28. The summed E-state index contributed by atoms with van der Waals surface area (Å²) in [6.07, 6.45) is 0. The largest absolute Gasteiger partial charge is 0.310 e. The van der Waals surface area contributed by atoms with Gasteiger partial charge in [-0.3, -0.25) is 0 Å². The first kappa shape index (κ1) is 30.8. The molecule has 53 heavy (non-hydrogen) atoms. The quantitative estimate of drug-likeness (QED) is 0.159. The third-order valence-electron chi connectivity index (χ3n) is 10.6. The molecule has 0 spiro atoms. The Kier molecular flexibility index (Phi) is 7.55. The van der Waals surface area contributed by atoms with E-state index in [0.29, 0.717) is 0 Å². The number of nitrogens with zero attached hydrogens (tertiary/aromatic N) is 1. The van der Waals surface area contributed by atoms with Crippen molar-refractivity contribution in [1.82, 2.24) is 0 Å². The van der Waals surface area contributed by atoms with E-state index in [4.69, 9.17) is 0 Å². The van der Waals surface area contributed by atoms with E-state index >= 15 is 0 Å². The Labute approximate surface area is 309 Å². The van der Waals surface area contributed by atoms with Gasteiger partial charge in [-0.2, -0.15) is 0 Å². The topological polar surface area (TPSA) is 3.24 Å². The normalized spacial score (nSPS) is 11.4. The molecule has 0 amide bonds. The second-order valence-electron chi connectivity index (χ2n) is 13.7. The summed E-state index contributed by atoms with van der Waals surface area (Å²) in [5.41, 5.74) is 10.6. The fraction of sp³-hybridized carbons (Fsp3) is 0. The zero-order valence-electron chi connectivity index (χ0n) is 29.2. The summed E-state index contributed by atoms with van der Waals surface area (Å²) in [6, 6.07) is 77.2. The van der Waals surface area contributed by atoms with Crippen LogP contribution in [0, 0.1) is 0 Å². The summed E-state index contributed by atoms with van der Waals surface area (Å²) >= 11 is 0. The summed E-state index contributed by atoms with van der Waals surface area (Å²) in [5, 5.41) is 10.1. The summed E-state index contributed by atoms with van der Waals surface area (Å²) in [7, 11) is 0. The lowest BCUT2D eigenvalue weighted by Crippen LogP contribution is -2.10. The average molecular weight is 674 g/mol. The molecule has 0 aliphatic rings. The van der Waals surface area contributed by atoms with E-state index < -0.39 is 0 Å². The summed E-state index contributed by atoms with van der Waals surface area (Å²) in [4.78, 5) is 2.37. The highest BCUT2D eigenvalue weighted by atomic mass is 15.1. The van der Waals surface area contributed by atoms with Crippen molar-refractivity contribution >= 4 is 60.2 Å². The molecule has 0 saturated carbocycles. The third-order valence-corrected chi connectivity index (χ3v) is 10.6. The minimum absolute atomic E-state index is 1.10. The van der Waals surface area contributed by atoms with Crippen LogP contribution in [0.5, 0.6) is 0 Å². The molecule has 1 heteroatoms. The number of hydrogen-bond donors (Lipinski definition) is 0. The van der Waals surface area contributed by atoms with Crippen molar-refractivity contribution < 1.29 is 0 Å². The summed E-state index contributed by atoms with van der Waals surface area (Å²) in [5.74, 6) is 0. The fourth-order valence-corrected chi connectivity index (χ4v) is 8.15. The van der Waals surface area contributed by atoms with Crippen LogP contribution in [0.2, 0.25) is 0 Å². The van der Waals surface area contributed by atoms with Gasteiger partial charge < -0.3 is 4.90 Å². The van der Waals surface area contributed by atoms with Crippen molar-refractivity contribution in [3.05, 3.63) is 212 Å². The van der Waals surface area contributed by atoms with Crippen molar-refractivity contribution in [2.45, 2.75) is 0 Å². The maximum absolute atomic E-state index is 2.38. The van der Waals surface area contributed by atoms with Crippen LogP contribution in [0.3, 0.4) is 0 Å². The molecule has 0 aliphatic carbocycles. The van der Waals surface area contributed by atoms with Crippen molar-refractivity contribution in [2.75, 3.05) is 4.90 Å². The molecule has 0 saturated heterocycles. The molecule has 0 aliphatic heterocycles. The predicted octanol–water partition coefficient (Wildman–Crippen LogP) is 14.8. The second-order valence-corrected chi connectivity index (χ2v) is 13.7. The molecule has 0 unspecified atom stereocenters. The highest BCUT2D eigenvalue weighted by Crippen LogP contribution is 2.44. The Balaban J connectivity index is 1.18. The molecule has 0 fully saturated rings. The maximum Gasteiger partial charge on any atom is 0.0468 e. The van der Waals surface area contributed by atoms with E-state index in [-0.39, 0.29) is 0 Å². The van der Waals surface area contributed by atoms with Gasteiger partial charge in [0, 0.05) is 17.1 Å². The predicted molar refractivity (Wildman–Crippen MR) is 227 cm³/mol. The van der Waals surface area contributed by atoms with Crippen LogP contribution in [0.25, 0.3) is 76.5 Å². The molecule has 0 atom stereocenters. The molecule has 248 valence electrons. The zero-order chi connectivity index (χ0) is 35.1. The minimum Gasteiger partial charge on any atom is -0.310 e. The summed E-state index contributed by atoms with van der Waals surface area (Å²) < 4.78 is 0. The zero-order valence-corrected chi connectivity index (χ0v) is 29.2. The van der Waals surface area contributed by atoms with E-state index in [1.807, 2.05) is 0 Å². The molecular weight excluding hydrogens is 639 g/mol. The first-order valence-electron chi connectivity index (χ1n) is 18.3. The molecule has 10 aromatic carbocycles. The van der Waals surface area contributed by atoms with Crippen molar-refractivity contribution in [1.29, 1.82) is 0 Å². The number of fused-ring (bicyclic) bond motifs is 6. The minimum atomic E-state index is 1.10. The maximum atomic E-state index is 2.38. The fourth-order valence-electron chi connectivity index (χ4n) is 8.15. The third kappa shape index (κ3) is 5.42. The number of para-hydroxylation sites is 1. The molecule has 0 heterocycles. The van der Waals surface area contributed by atoms with Gasteiger partial charge in [0.2, 0.25) is 0 Å². The van der Waals surface area contributed by atoms with Gasteiger partial charge in [0.15, 0.2) is 0 Å². The average Bonchev–Trinajstić information content (AvgIpc) is 3.24. The lowest BCUT2D eigenvalue weighted by atomic mass is 9.88. The van der Waals surface area contributed by atoms with Crippen LogP contribution in [-0.4, -0.2) is 0 Å². The molecule has 0 N–H and O–H groups in total. The second kappa shape index (κ2) is 13.0. The van der Waals surface area contributed by atoms with Crippen molar-refractivity contribution in [3.8, 4) is 33.4 Å². The number of hydrogen-bond acceptors (Lipinski definition) is 1. The SMILES string of the molecule is c1ccc(-c2ccc(N(c3ccccc3)c3ccc(-c4cccc5ccccc45)cc3)cc2-c2cccc3c2ccc2ccc4ccccc4c23)cc1. The van der Waals surface area contributed by atoms with Gasteiger partial charge in [-0.15, -0.1) is 0 Å². The first-order valence-corrected chi connectivity index (χ1v) is 18.3. The number of benzene rings is 10. The van der Waals surface area contributed by atoms with E-state index in [1.165, 1.54) is 76.5 Å². The van der Waals surface area contributed by atoms with Gasteiger partial charge in [-0.1, -0.05) is 176 Å². The molecule has 0 radical (unpaired) electrons. The standard InChI is InChI=1S/C52H35N/c1-3-13-36(14-4-1)46-34-32-43(35-51(46)48-23-12-24-50-49(48)33-29-40-26-25-38-16-8-10-21-47(38)52(40)50)53(41-18-5-2-6-19-41)42-30-27-39(28-31-42)45-22-11-17-37-15-7-9-20-44(37)45/h1-35H. The molecule has 10 rings (SSSR count). The Morgan fingerprint density at radius 2 is 0.792 bits per heavy atom. The van der Waals surface area contributed by atoms with E-state index in [1.54, 1.807) is 0 Å². The van der Waals surface area contributed by atoms with Gasteiger partial charge in [-0.25, -0.2) is 0 Å². The smallest absolute Gasteiger partial charge is 0.0468 e. The van der Waals surface area contributed by atoms with Gasteiger partial charge in [-0.05, 0) is 113 Å². The molecule has 10 aromatic rings. The molecule has 1 nitrogen and oxygen atoms in total.